The van der Waals surface area contributed by atoms with Crippen molar-refractivity contribution in [1.82, 2.24) is 20.2 Å². The molecule has 0 amide bonds. The van der Waals surface area contributed by atoms with Gasteiger partial charge in [-0.05, 0) is 43.7 Å². The van der Waals surface area contributed by atoms with E-state index in [-0.39, 0.29) is 11.9 Å². The minimum atomic E-state index is -0.304. The highest BCUT2D eigenvalue weighted by molar-refractivity contribution is 5.79. The van der Waals surface area contributed by atoms with Gasteiger partial charge in [-0.3, -0.25) is 4.99 Å². The number of nitrogens with zero attached hydrogens (tertiary/aromatic N) is 3. The van der Waals surface area contributed by atoms with Crippen molar-refractivity contribution in [2.75, 3.05) is 20.7 Å². The molecule has 1 heterocycles. The molecule has 8 heteroatoms. The van der Waals surface area contributed by atoms with Gasteiger partial charge in [-0.2, -0.15) is 0 Å². The Morgan fingerprint density at radius 3 is 2.61 bits per heavy atom. The monoisotopic (exact) mass is 425 g/mol. The first-order valence-electron chi connectivity index (χ1n) is 10.0. The first-order chi connectivity index (χ1) is 15.0. The number of ether oxygens (including phenoxy) is 2. The summed E-state index contributed by atoms with van der Waals surface area (Å²) in [6.45, 7) is 4.76. The molecule has 31 heavy (non-hydrogen) atoms. The predicted molar refractivity (Wildman–Crippen MR) is 120 cm³/mol. The van der Waals surface area contributed by atoms with Gasteiger partial charge < -0.3 is 24.7 Å². The summed E-state index contributed by atoms with van der Waals surface area (Å²) in [5.41, 5.74) is 1.28. The van der Waals surface area contributed by atoms with Gasteiger partial charge in [-0.15, -0.1) is 0 Å². The van der Waals surface area contributed by atoms with Gasteiger partial charge in [0.2, 0.25) is 0 Å². The van der Waals surface area contributed by atoms with Crippen LogP contribution in [-0.4, -0.2) is 42.3 Å². The first kappa shape index (κ1) is 22.1. The van der Waals surface area contributed by atoms with Gasteiger partial charge >= 0.3 is 0 Å². The predicted octanol–water partition coefficient (Wildman–Crippen LogP) is 3.46. The molecule has 0 aliphatic heterocycles. The van der Waals surface area contributed by atoms with Gasteiger partial charge in [0.05, 0.1) is 19.3 Å². The normalized spacial score (nSPS) is 12.4. The molecule has 0 saturated carbocycles. The molecule has 0 aliphatic rings. The highest BCUT2D eigenvalue weighted by atomic mass is 19.1. The van der Waals surface area contributed by atoms with E-state index in [1.54, 1.807) is 37.2 Å². The number of para-hydroxylation sites is 2. The topological polar surface area (TPSA) is 72.7 Å². The second-order valence-corrected chi connectivity index (χ2v) is 7.02. The fourth-order valence-corrected chi connectivity index (χ4v) is 3.11. The Morgan fingerprint density at radius 1 is 1.19 bits per heavy atom. The molecule has 0 bridgehead atoms. The third kappa shape index (κ3) is 5.75. The molecule has 7 nitrogen and oxygen atoms in total. The summed E-state index contributed by atoms with van der Waals surface area (Å²) in [4.78, 5) is 8.36. The van der Waals surface area contributed by atoms with E-state index < -0.39 is 0 Å². The molecule has 1 atom stereocenters. The van der Waals surface area contributed by atoms with Crippen molar-refractivity contribution >= 4 is 5.96 Å². The van der Waals surface area contributed by atoms with Crippen LogP contribution in [0, 0.1) is 12.7 Å². The van der Waals surface area contributed by atoms with Crippen molar-refractivity contribution in [3.05, 3.63) is 72.1 Å². The van der Waals surface area contributed by atoms with Crippen LogP contribution in [0.2, 0.25) is 0 Å². The SMILES string of the molecule is CN=C(NCc1ccc(-n2ccnc2C)c(F)c1)NCC(C)Oc1ccccc1OC. The zero-order valence-electron chi connectivity index (χ0n) is 18.2. The third-order valence-electron chi connectivity index (χ3n) is 4.74. The molecule has 164 valence electrons. The molecular formula is C23H28FN5O2. The Morgan fingerprint density at radius 2 is 1.97 bits per heavy atom. The van der Waals surface area contributed by atoms with Crippen molar-refractivity contribution in [3.63, 3.8) is 0 Å². The van der Waals surface area contributed by atoms with Crippen molar-refractivity contribution in [2.45, 2.75) is 26.5 Å². The van der Waals surface area contributed by atoms with Crippen molar-refractivity contribution in [2.24, 2.45) is 4.99 Å². The molecule has 0 aliphatic carbocycles. The molecule has 0 saturated heterocycles. The van der Waals surface area contributed by atoms with Crippen LogP contribution < -0.4 is 20.1 Å². The molecule has 1 aromatic heterocycles. The van der Waals surface area contributed by atoms with E-state index in [2.05, 4.69) is 20.6 Å². The molecule has 3 rings (SSSR count). The quantitative estimate of drug-likeness (QED) is 0.427. The molecule has 0 fully saturated rings. The molecule has 0 spiro atoms. The lowest BCUT2D eigenvalue weighted by molar-refractivity contribution is 0.213. The van der Waals surface area contributed by atoms with E-state index in [1.807, 2.05) is 44.2 Å². The van der Waals surface area contributed by atoms with Crippen LogP contribution in [0.15, 0.2) is 59.9 Å². The van der Waals surface area contributed by atoms with Crippen molar-refractivity contribution in [3.8, 4) is 17.2 Å². The van der Waals surface area contributed by atoms with Crippen LogP contribution >= 0.6 is 0 Å². The Kier molecular flexibility index (Phi) is 7.48. The summed E-state index contributed by atoms with van der Waals surface area (Å²) in [5, 5.41) is 6.41. The highest BCUT2D eigenvalue weighted by Crippen LogP contribution is 2.26. The Labute approximate surface area is 181 Å². The minimum Gasteiger partial charge on any atom is -0.493 e. The smallest absolute Gasteiger partial charge is 0.191 e. The summed E-state index contributed by atoms with van der Waals surface area (Å²) in [7, 11) is 3.30. The number of methoxy groups -OCH3 is 1. The lowest BCUT2D eigenvalue weighted by atomic mass is 10.2. The number of aryl methyl sites for hydroxylation is 1. The van der Waals surface area contributed by atoms with Gasteiger partial charge in [-0.1, -0.05) is 18.2 Å². The largest absolute Gasteiger partial charge is 0.493 e. The summed E-state index contributed by atoms with van der Waals surface area (Å²) in [6, 6.07) is 12.7. The fraction of sp³-hybridized carbons (Fsp3) is 0.304. The van der Waals surface area contributed by atoms with Gasteiger partial charge in [0, 0.05) is 26.0 Å². The Bertz CT molecular complexity index is 1030. The van der Waals surface area contributed by atoms with Gasteiger partial charge in [-0.25, -0.2) is 9.37 Å². The van der Waals surface area contributed by atoms with E-state index in [4.69, 9.17) is 9.47 Å². The molecule has 3 aromatic rings. The van der Waals surface area contributed by atoms with Crippen LogP contribution in [0.25, 0.3) is 5.69 Å². The number of benzene rings is 2. The maximum Gasteiger partial charge on any atom is 0.191 e. The average molecular weight is 426 g/mol. The third-order valence-corrected chi connectivity index (χ3v) is 4.74. The van der Waals surface area contributed by atoms with Gasteiger partial charge in [0.25, 0.3) is 0 Å². The zero-order valence-corrected chi connectivity index (χ0v) is 18.2. The number of imidazole rings is 1. The van der Waals surface area contributed by atoms with Gasteiger partial charge in [0.1, 0.15) is 17.7 Å². The number of nitrogens with one attached hydrogen (secondary N) is 2. The maximum absolute atomic E-state index is 14.6. The Hall–Kier alpha value is -3.55. The number of hydrogen-bond acceptors (Lipinski definition) is 4. The zero-order chi connectivity index (χ0) is 22.2. The lowest BCUT2D eigenvalue weighted by Gasteiger charge is -2.19. The second kappa shape index (κ2) is 10.5. The van der Waals surface area contributed by atoms with Crippen molar-refractivity contribution in [1.29, 1.82) is 0 Å². The van der Waals surface area contributed by atoms with Gasteiger partial charge in [0.15, 0.2) is 17.5 Å². The number of aromatic nitrogens is 2. The summed E-state index contributed by atoms with van der Waals surface area (Å²) >= 11 is 0. The van der Waals surface area contributed by atoms with E-state index >= 15 is 0 Å². The molecule has 0 radical (unpaired) electrons. The van der Waals surface area contributed by atoms with Crippen LogP contribution in [0.3, 0.4) is 0 Å². The fourth-order valence-electron chi connectivity index (χ4n) is 3.11. The second-order valence-electron chi connectivity index (χ2n) is 7.02. The number of guanidine groups is 1. The number of halogens is 1. The first-order valence-corrected chi connectivity index (χ1v) is 10.0. The number of hydrogen-bond donors (Lipinski definition) is 2. The summed E-state index contributed by atoms with van der Waals surface area (Å²) < 4.78 is 27.5. The average Bonchev–Trinajstić information content (AvgIpc) is 3.20. The van der Waals surface area contributed by atoms with E-state index in [0.717, 1.165) is 11.4 Å². The van der Waals surface area contributed by atoms with Crippen LogP contribution in [-0.2, 0) is 6.54 Å². The molecule has 2 N–H and O–H groups in total. The summed E-state index contributed by atoms with van der Waals surface area (Å²) in [5.74, 6) is 2.41. The highest BCUT2D eigenvalue weighted by Gasteiger charge is 2.11. The minimum absolute atomic E-state index is 0.120. The van der Waals surface area contributed by atoms with Crippen LogP contribution in [0.1, 0.15) is 18.3 Å². The number of rotatable bonds is 8. The van der Waals surface area contributed by atoms with Crippen LogP contribution in [0.5, 0.6) is 11.5 Å². The van der Waals surface area contributed by atoms with E-state index in [9.17, 15) is 4.39 Å². The lowest BCUT2D eigenvalue weighted by Crippen LogP contribution is -2.41. The van der Waals surface area contributed by atoms with E-state index in [1.165, 1.54) is 6.07 Å². The summed E-state index contributed by atoms with van der Waals surface area (Å²) in [6.07, 6.45) is 3.27. The molecular weight excluding hydrogens is 397 g/mol. The van der Waals surface area contributed by atoms with E-state index in [0.29, 0.717) is 36.2 Å². The molecule has 1 unspecified atom stereocenters. The van der Waals surface area contributed by atoms with Crippen molar-refractivity contribution < 1.29 is 13.9 Å². The maximum atomic E-state index is 14.6. The Balaban J connectivity index is 1.52. The number of aliphatic imine (C=N–C) groups is 1. The standard InChI is InChI=1S/C23H28FN5O2/c1-16(31-22-8-6-5-7-21(22)30-4)14-27-23(25-3)28-15-18-9-10-20(19(24)13-18)29-12-11-26-17(29)2/h5-13,16H,14-15H2,1-4H3,(H2,25,27,28). The van der Waals surface area contributed by atoms with Crippen LogP contribution in [0.4, 0.5) is 4.39 Å². The molecule has 2 aromatic carbocycles.